The Bertz CT molecular complexity index is 434. The van der Waals surface area contributed by atoms with Crippen LogP contribution in [0, 0.1) is 0 Å². The van der Waals surface area contributed by atoms with Crippen molar-refractivity contribution in [3.8, 4) is 0 Å². The summed E-state index contributed by atoms with van der Waals surface area (Å²) in [6, 6.07) is 7.82. The van der Waals surface area contributed by atoms with Crippen LogP contribution < -0.4 is 5.32 Å². The number of carbonyl (C=O) groups excluding carboxylic acids is 1. The predicted molar refractivity (Wildman–Crippen MR) is 76.0 cm³/mol. The van der Waals surface area contributed by atoms with Crippen LogP contribution in [0.15, 0.2) is 24.3 Å². The first-order valence-corrected chi connectivity index (χ1v) is 7.19. The van der Waals surface area contributed by atoms with Gasteiger partial charge in [0.25, 0.3) is 5.91 Å². The molecule has 0 aliphatic carbocycles. The highest BCUT2D eigenvalue weighted by atomic mass is 79.9. The topological polar surface area (TPSA) is 38.3 Å². The lowest BCUT2D eigenvalue weighted by molar-refractivity contribution is -0.126. The molecule has 98 valence electrons. The molecule has 0 spiro atoms. The fraction of sp³-hybridized carbons (Fsp3) is 0.500. The van der Waals surface area contributed by atoms with Crippen molar-refractivity contribution >= 4 is 27.5 Å². The molecule has 1 aliphatic heterocycles. The third-order valence-corrected chi connectivity index (χ3v) is 3.66. The minimum absolute atomic E-state index is 0.0417. The Morgan fingerprint density at radius 1 is 1.44 bits per heavy atom. The molecule has 0 saturated carbocycles. The fourth-order valence-electron chi connectivity index (χ4n) is 2.17. The zero-order valence-corrected chi connectivity index (χ0v) is 12.2. The van der Waals surface area contributed by atoms with Crippen molar-refractivity contribution in [2.24, 2.45) is 0 Å². The summed E-state index contributed by atoms with van der Waals surface area (Å²) in [5, 5.41) is 2.96. The molecule has 3 nitrogen and oxygen atoms in total. The largest absolute Gasteiger partial charge is 0.365 e. The normalized spacial score (nSPS) is 24.8. The summed E-state index contributed by atoms with van der Waals surface area (Å²) in [7, 11) is 0. The SMILES string of the molecule is CC1CCC(C(=O)Nc2ccccc2C(C)Br)O1. The van der Waals surface area contributed by atoms with Gasteiger partial charge in [0.05, 0.1) is 6.10 Å². The number of hydrogen-bond donors (Lipinski definition) is 1. The number of hydrogen-bond acceptors (Lipinski definition) is 2. The van der Waals surface area contributed by atoms with Crippen LogP contribution in [-0.4, -0.2) is 18.1 Å². The number of anilines is 1. The summed E-state index contributed by atoms with van der Waals surface area (Å²) >= 11 is 3.53. The third kappa shape index (κ3) is 3.12. The van der Waals surface area contributed by atoms with E-state index in [1.54, 1.807) is 0 Å². The molecule has 1 amide bonds. The van der Waals surface area contributed by atoms with E-state index in [0.717, 1.165) is 24.1 Å². The van der Waals surface area contributed by atoms with E-state index in [1.165, 1.54) is 0 Å². The molecular weight excluding hydrogens is 294 g/mol. The molecule has 1 heterocycles. The van der Waals surface area contributed by atoms with Crippen LogP contribution in [0.4, 0.5) is 5.69 Å². The van der Waals surface area contributed by atoms with Gasteiger partial charge in [0.1, 0.15) is 6.10 Å². The lowest BCUT2D eigenvalue weighted by atomic mass is 10.1. The Balaban J connectivity index is 2.07. The summed E-state index contributed by atoms with van der Waals surface area (Å²) < 4.78 is 5.57. The number of carbonyl (C=O) groups is 1. The van der Waals surface area contributed by atoms with E-state index in [-0.39, 0.29) is 22.9 Å². The zero-order valence-electron chi connectivity index (χ0n) is 10.7. The average molecular weight is 312 g/mol. The lowest BCUT2D eigenvalue weighted by Gasteiger charge is -2.15. The first-order chi connectivity index (χ1) is 8.58. The van der Waals surface area contributed by atoms with Gasteiger partial charge in [-0.15, -0.1) is 0 Å². The van der Waals surface area contributed by atoms with Gasteiger partial charge < -0.3 is 10.1 Å². The summed E-state index contributed by atoms with van der Waals surface area (Å²) in [5.74, 6) is -0.0417. The summed E-state index contributed by atoms with van der Waals surface area (Å²) in [4.78, 5) is 12.3. The maximum atomic E-state index is 12.1. The van der Waals surface area contributed by atoms with E-state index in [2.05, 4.69) is 21.2 Å². The van der Waals surface area contributed by atoms with Gasteiger partial charge in [-0.3, -0.25) is 4.79 Å². The van der Waals surface area contributed by atoms with Crippen molar-refractivity contribution in [1.82, 2.24) is 0 Å². The number of halogens is 1. The first kappa shape index (κ1) is 13.6. The Morgan fingerprint density at radius 3 is 2.78 bits per heavy atom. The number of nitrogens with one attached hydrogen (secondary N) is 1. The number of benzene rings is 1. The van der Waals surface area contributed by atoms with E-state index in [1.807, 2.05) is 38.1 Å². The first-order valence-electron chi connectivity index (χ1n) is 6.27. The van der Waals surface area contributed by atoms with E-state index in [0.29, 0.717) is 0 Å². The molecule has 3 unspecified atom stereocenters. The van der Waals surface area contributed by atoms with Crippen LogP contribution in [0.1, 0.15) is 37.1 Å². The van der Waals surface area contributed by atoms with Crippen LogP contribution >= 0.6 is 15.9 Å². The molecule has 1 aromatic rings. The second kappa shape index (κ2) is 5.85. The average Bonchev–Trinajstić information content (AvgIpc) is 2.76. The van der Waals surface area contributed by atoms with Gasteiger partial charge in [-0.05, 0) is 38.3 Å². The van der Waals surface area contributed by atoms with Crippen LogP contribution in [0.5, 0.6) is 0 Å². The Hall–Kier alpha value is -0.870. The van der Waals surface area contributed by atoms with E-state index >= 15 is 0 Å². The molecule has 0 bridgehead atoms. The molecule has 3 atom stereocenters. The van der Waals surface area contributed by atoms with Crippen molar-refractivity contribution in [2.45, 2.75) is 43.7 Å². The number of para-hydroxylation sites is 1. The van der Waals surface area contributed by atoms with E-state index in [4.69, 9.17) is 4.74 Å². The molecule has 1 aromatic carbocycles. The van der Waals surface area contributed by atoms with Crippen LogP contribution in [0.2, 0.25) is 0 Å². The van der Waals surface area contributed by atoms with Gasteiger partial charge in [0.15, 0.2) is 0 Å². The Labute approximate surface area is 116 Å². The predicted octanol–water partition coefficient (Wildman–Crippen LogP) is 3.65. The zero-order chi connectivity index (χ0) is 13.1. The Kier molecular flexibility index (Phi) is 4.40. The second-order valence-electron chi connectivity index (χ2n) is 4.71. The molecule has 0 aromatic heterocycles. The number of rotatable bonds is 3. The fourth-order valence-corrected chi connectivity index (χ4v) is 2.57. The van der Waals surface area contributed by atoms with Gasteiger partial charge >= 0.3 is 0 Å². The maximum Gasteiger partial charge on any atom is 0.253 e. The second-order valence-corrected chi connectivity index (χ2v) is 6.08. The van der Waals surface area contributed by atoms with Gasteiger partial charge in [0.2, 0.25) is 0 Å². The summed E-state index contributed by atoms with van der Waals surface area (Å²) in [6.07, 6.45) is 1.64. The van der Waals surface area contributed by atoms with Crippen LogP contribution in [0.25, 0.3) is 0 Å². The Morgan fingerprint density at radius 2 is 2.17 bits per heavy atom. The molecule has 1 saturated heterocycles. The van der Waals surface area contributed by atoms with Crippen molar-refractivity contribution in [2.75, 3.05) is 5.32 Å². The highest BCUT2D eigenvalue weighted by Crippen LogP contribution is 2.29. The third-order valence-electron chi connectivity index (χ3n) is 3.17. The minimum Gasteiger partial charge on any atom is -0.365 e. The van der Waals surface area contributed by atoms with Gasteiger partial charge in [-0.2, -0.15) is 0 Å². The summed E-state index contributed by atoms with van der Waals surface area (Å²) in [5.41, 5.74) is 1.94. The molecule has 4 heteroatoms. The monoisotopic (exact) mass is 311 g/mol. The van der Waals surface area contributed by atoms with Crippen LogP contribution in [0.3, 0.4) is 0 Å². The van der Waals surface area contributed by atoms with Crippen molar-refractivity contribution in [3.63, 3.8) is 0 Å². The number of alkyl halides is 1. The standard InChI is InChI=1S/C14H18BrNO2/c1-9-7-8-13(18-9)14(17)16-12-6-4-3-5-11(12)10(2)15/h3-6,9-10,13H,7-8H2,1-2H3,(H,16,17). The van der Waals surface area contributed by atoms with E-state index < -0.39 is 0 Å². The highest BCUT2D eigenvalue weighted by molar-refractivity contribution is 9.09. The van der Waals surface area contributed by atoms with Crippen molar-refractivity contribution < 1.29 is 9.53 Å². The van der Waals surface area contributed by atoms with Gasteiger partial charge in [-0.25, -0.2) is 0 Å². The number of amides is 1. The number of ether oxygens (including phenoxy) is 1. The van der Waals surface area contributed by atoms with Crippen LogP contribution in [-0.2, 0) is 9.53 Å². The quantitative estimate of drug-likeness (QED) is 0.865. The lowest BCUT2D eigenvalue weighted by Crippen LogP contribution is -2.28. The van der Waals surface area contributed by atoms with Gasteiger partial charge in [-0.1, -0.05) is 34.1 Å². The van der Waals surface area contributed by atoms with E-state index in [9.17, 15) is 4.79 Å². The molecular formula is C14H18BrNO2. The smallest absolute Gasteiger partial charge is 0.253 e. The highest BCUT2D eigenvalue weighted by Gasteiger charge is 2.28. The molecule has 1 aliphatic rings. The molecule has 1 N–H and O–H groups in total. The molecule has 2 rings (SSSR count). The molecule has 18 heavy (non-hydrogen) atoms. The maximum absolute atomic E-state index is 12.1. The van der Waals surface area contributed by atoms with Crippen molar-refractivity contribution in [1.29, 1.82) is 0 Å². The summed E-state index contributed by atoms with van der Waals surface area (Å²) in [6.45, 7) is 4.04. The minimum atomic E-state index is -0.307. The molecule has 1 fully saturated rings. The van der Waals surface area contributed by atoms with Gasteiger partial charge in [0, 0.05) is 10.5 Å². The van der Waals surface area contributed by atoms with Crippen molar-refractivity contribution in [3.05, 3.63) is 29.8 Å². The molecule has 0 radical (unpaired) electrons.